The molecule has 2 amide bonds. The fraction of sp³-hybridized carbons (Fsp3) is 0.263. The van der Waals surface area contributed by atoms with E-state index in [9.17, 15) is 9.18 Å². The van der Waals surface area contributed by atoms with Crippen LogP contribution in [0, 0.1) is 5.82 Å². The molecule has 6 nitrogen and oxygen atoms in total. The van der Waals surface area contributed by atoms with Crippen LogP contribution in [-0.2, 0) is 13.6 Å². The Labute approximate surface area is 151 Å². The summed E-state index contributed by atoms with van der Waals surface area (Å²) in [5.74, 6) is -0.280. The van der Waals surface area contributed by atoms with Gasteiger partial charge >= 0.3 is 6.03 Å². The minimum atomic E-state index is -0.456. The number of nitrogens with one attached hydrogen (secondary N) is 2. The van der Waals surface area contributed by atoms with Gasteiger partial charge in [0, 0.05) is 25.2 Å². The van der Waals surface area contributed by atoms with E-state index < -0.39 is 5.82 Å². The van der Waals surface area contributed by atoms with Crippen LogP contribution in [0.5, 0.6) is 5.75 Å². The van der Waals surface area contributed by atoms with E-state index in [1.54, 1.807) is 23.7 Å². The largest absolute Gasteiger partial charge is 0.494 e. The molecule has 1 atom stereocenters. The molecule has 0 aliphatic carbocycles. The second kappa shape index (κ2) is 7.43. The molecule has 0 fully saturated rings. The number of rotatable bonds is 5. The molecule has 1 aromatic heterocycles. The summed E-state index contributed by atoms with van der Waals surface area (Å²) in [6, 6.07) is 9.83. The molecule has 7 heteroatoms. The molecule has 0 aliphatic rings. The first-order chi connectivity index (χ1) is 12.5. The van der Waals surface area contributed by atoms with Crippen LogP contribution in [0.1, 0.15) is 24.1 Å². The molecule has 26 heavy (non-hydrogen) atoms. The summed E-state index contributed by atoms with van der Waals surface area (Å²) in [5, 5.41) is 11.0. The van der Waals surface area contributed by atoms with E-state index in [0.29, 0.717) is 12.1 Å². The van der Waals surface area contributed by atoms with Crippen LogP contribution in [0.2, 0.25) is 0 Å². The summed E-state index contributed by atoms with van der Waals surface area (Å²) in [7, 11) is 3.28. The van der Waals surface area contributed by atoms with Crippen molar-refractivity contribution < 1.29 is 13.9 Å². The van der Waals surface area contributed by atoms with Gasteiger partial charge in [0.25, 0.3) is 0 Å². The van der Waals surface area contributed by atoms with E-state index >= 15 is 0 Å². The lowest BCUT2D eigenvalue weighted by Gasteiger charge is -2.16. The number of hydrogen-bond donors (Lipinski definition) is 2. The number of aromatic nitrogens is 2. The number of ether oxygens (including phenoxy) is 1. The fourth-order valence-corrected chi connectivity index (χ4v) is 2.76. The molecular formula is C19H21FN4O2. The number of amides is 2. The van der Waals surface area contributed by atoms with Gasteiger partial charge in [0.05, 0.1) is 18.7 Å². The molecule has 0 saturated carbocycles. The minimum Gasteiger partial charge on any atom is -0.494 e. The Bertz CT molecular complexity index is 938. The molecule has 2 aromatic carbocycles. The van der Waals surface area contributed by atoms with Crippen LogP contribution in [0.3, 0.4) is 0 Å². The van der Waals surface area contributed by atoms with E-state index in [2.05, 4.69) is 15.7 Å². The minimum absolute atomic E-state index is 0.176. The van der Waals surface area contributed by atoms with E-state index in [4.69, 9.17) is 4.74 Å². The number of carbonyl (C=O) groups is 1. The zero-order valence-corrected chi connectivity index (χ0v) is 14.9. The second-order valence-electron chi connectivity index (χ2n) is 6.14. The van der Waals surface area contributed by atoms with Gasteiger partial charge in [0.1, 0.15) is 0 Å². The number of carbonyl (C=O) groups excluding carboxylic acids is 1. The Kier molecular flexibility index (Phi) is 5.06. The number of urea groups is 1. The third-order valence-electron chi connectivity index (χ3n) is 4.16. The Morgan fingerprint density at radius 1 is 1.31 bits per heavy atom. The summed E-state index contributed by atoms with van der Waals surface area (Å²) >= 11 is 0. The maximum absolute atomic E-state index is 13.8. The molecule has 1 unspecified atom stereocenters. The van der Waals surface area contributed by atoms with Crippen molar-refractivity contribution in [3.8, 4) is 5.75 Å². The highest BCUT2D eigenvalue weighted by atomic mass is 19.1. The number of hydrogen-bond acceptors (Lipinski definition) is 3. The van der Waals surface area contributed by atoms with Crippen LogP contribution in [0.15, 0.2) is 42.6 Å². The smallest absolute Gasteiger partial charge is 0.315 e. The first kappa shape index (κ1) is 17.7. The van der Waals surface area contributed by atoms with Gasteiger partial charge in [-0.2, -0.15) is 5.10 Å². The number of fused-ring (bicyclic) bond motifs is 1. The summed E-state index contributed by atoms with van der Waals surface area (Å²) in [6.07, 6.45) is 1.94. The quantitative estimate of drug-likeness (QED) is 0.737. The molecule has 3 aromatic rings. The average Bonchev–Trinajstić information content (AvgIpc) is 2.99. The Hall–Kier alpha value is -3.09. The fourth-order valence-electron chi connectivity index (χ4n) is 2.76. The maximum Gasteiger partial charge on any atom is 0.315 e. The van der Waals surface area contributed by atoms with Crippen molar-refractivity contribution in [2.45, 2.75) is 19.5 Å². The summed E-state index contributed by atoms with van der Waals surface area (Å²) in [6.45, 7) is 2.17. The highest BCUT2D eigenvalue weighted by Gasteiger charge is 2.12. The third-order valence-corrected chi connectivity index (χ3v) is 4.16. The van der Waals surface area contributed by atoms with Gasteiger partial charge in [-0.1, -0.05) is 18.2 Å². The molecule has 0 spiro atoms. The number of methoxy groups -OCH3 is 1. The highest BCUT2D eigenvalue weighted by molar-refractivity contribution is 5.79. The van der Waals surface area contributed by atoms with Crippen molar-refractivity contribution >= 4 is 16.9 Å². The lowest BCUT2D eigenvalue weighted by molar-refractivity contribution is 0.237. The van der Waals surface area contributed by atoms with Gasteiger partial charge < -0.3 is 15.4 Å². The molecule has 136 valence electrons. The van der Waals surface area contributed by atoms with E-state index in [-0.39, 0.29) is 17.8 Å². The average molecular weight is 356 g/mol. The SMILES string of the molecule is COc1ccc(C(C)NC(=O)NCc2ccc3cn(C)nc3c2)cc1F. The lowest BCUT2D eigenvalue weighted by Crippen LogP contribution is -2.36. The topological polar surface area (TPSA) is 68.2 Å². The van der Waals surface area contributed by atoms with Crippen LogP contribution < -0.4 is 15.4 Å². The van der Waals surface area contributed by atoms with Gasteiger partial charge in [0.15, 0.2) is 11.6 Å². The number of halogens is 1. The summed E-state index contributed by atoms with van der Waals surface area (Å²) in [4.78, 5) is 12.1. The molecule has 0 aliphatic heterocycles. The van der Waals surface area contributed by atoms with Crippen molar-refractivity contribution in [2.24, 2.45) is 7.05 Å². The van der Waals surface area contributed by atoms with Gasteiger partial charge in [-0.05, 0) is 36.2 Å². The predicted octanol–water partition coefficient (Wildman–Crippen LogP) is 3.28. The Balaban J connectivity index is 1.58. The monoisotopic (exact) mass is 356 g/mol. The standard InChI is InChI=1S/C19H21FN4O2/c1-12(14-6-7-18(26-3)16(20)9-14)22-19(25)21-10-13-4-5-15-11-24(2)23-17(15)8-13/h4-9,11-12H,10H2,1-3H3,(H2,21,22,25). The number of nitrogens with zero attached hydrogens (tertiary/aromatic N) is 2. The maximum atomic E-state index is 13.8. The first-order valence-corrected chi connectivity index (χ1v) is 8.26. The molecule has 0 radical (unpaired) electrons. The molecule has 3 rings (SSSR count). The normalized spacial score (nSPS) is 12.0. The first-order valence-electron chi connectivity index (χ1n) is 8.26. The van der Waals surface area contributed by atoms with Crippen LogP contribution in [-0.4, -0.2) is 22.9 Å². The van der Waals surface area contributed by atoms with Crippen LogP contribution in [0.4, 0.5) is 9.18 Å². The van der Waals surface area contributed by atoms with E-state index in [1.807, 2.05) is 31.4 Å². The molecule has 2 N–H and O–H groups in total. The zero-order chi connectivity index (χ0) is 18.7. The third kappa shape index (κ3) is 3.93. The van der Waals surface area contributed by atoms with Crippen molar-refractivity contribution in [3.63, 3.8) is 0 Å². The summed E-state index contributed by atoms with van der Waals surface area (Å²) < 4.78 is 20.4. The van der Waals surface area contributed by atoms with Gasteiger partial charge in [-0.15, -0.1) is 0 Å². The highest BCUT2D eigenvalue weighted by Crippen LogP contribution is 2.21. The van der Waals surface area contributed by atoms with Gasteiger partial charge in [-0.25, -0.2) is 9.18 Å². The molecular weight excluding hydrogens is 335 g/mol. The lowest BCUT2D eigenvalue weighted by atomic mass is 10.1. The van der Waals surface area contributed by atoms with Crippen molar-refractivity contribution in [1.82, 2.24) is 20.4 Å². The predicted molar refractivity (Wildman–Crippen MR) is 97.5 cm³/mol. The van der Waals surface area contributed by atoms with Crippen molar-refractivity contribution in [2.75, 3.05) is 7.11 Å². The molecule has 1 heterocycles. The van der Waals surface area contributed by atoms with Gasteiger partial charge in [0.2, 0.25) is 0 Å². The zero-order valence-electron chi connectivity index (χ0n) is 14.9. The van der Waals surface area contributed by atoms with Crippen molar-refractivity contribution in [1.29, 1.82) is 0 Å². The molecule has 0 bridgehead atoms. The van der Waals surface area contributed by atoms with E-state index in [1.165, 1.54) is 13.2 Å². The summed E-state index contributed by atoms with van der Waals surface area (Å²) in [5.41, 5.74) is 2.50. The Morgan fingerprint density at radius 3 is 2.85 bits per heavy atom. The number of benzene rings is 2. The van der Waals surface area contributed by atoms with Crippen LogP contribution >= 0.6 is 0 Å². The van der Waals surface area contributed by atoms with Gasteiger partial charge in [-0.3, -0.25) is 4.68 Å². The van der Waals surface area contributed by atoms with E-state index in [0.717, 1.165) is 16.5 Å². The van der Waals surface area contributed by atoms with Crippen molar-refractivity contribution in [3.05, 3.63) is 59.5 Å². The molecule has 0 saturated heterocycles. The number of aryl methyl sites for hydroxylation is 1. The Morgan fingerprint density at radius 2 is 2.12 bits per heavy atom. The second-order valence-corrected chi connectivity index (χ2v) is 6.14. The van der Waals surface area contributed by atoms with Crippen LogP contribution in [0.25, 0.3) is 10.9 Å².